The van der Waals surface area contributed by atoms with Crippen molar-refractivity contribution >= 4 is 17.2 Å². The zero-order valence-corrected chi connectivity index (χ0v) is 10.3. The summed E-state index contributed by atoms with van der Waals surface area (Å²) in [5, 5.41) is 6.75. The fraction of sp³-hybridized carbons (Fsp3) is 0.600. The summed E-state index contributed by atoms with van der Waals surface area (Å²) in [6.45, 7) is 5.78. The van der Waals surface area contributed by atoms with Crippen LogP contribution in [0.15, 0.2) is 6.20 Å². The molecule has 0 radical (unpaired) electrons. The van der Waals surface area contributed by atoms with Gasteiger partial charge in [-0.05, 0) is 27.8 Å². The quantitative estimate of drug-likeness (QED) is 0.813. The summed E-state index contributed by atoms with van der Waals surface area (Å²) in [4.78, 5) is 17.0. The van der Waals surface area contributed by atoms with Crippen LogP contribution in [0.4, 0.5) is 0 Å². The summed E-state index contributed by atoms with van der Waals surface area (Å²) in [5.41, 5.74) is 0. The molecule has 0 bridgehead atoms. The van der Waals surface area contributed by atoms with E-state index in [-0.39, 0.29) is 18.0 Å². The van der Waals surface area contributed by atoms with Crippen LogP contribution in [-0.4, -0.2) is 24.0 Å². The lowest BCUT2D eigenvalue weighted by atomic mass is 10.3. The molecule has 2 unspecified atom stereocenters. The van der Waals surface area contributed by atoms with Crippen molar-refractivity contribution < 1.29 is 4.79 Å². The van der Waals surface area contributed by atoms with Gasteiger partial charge in [-0.3, -0.25) is 4.79 Å². The zero-order chi connectivity index (χ0) is 11.4. The second kappa shape index (κ2) is 5.23. The second-order valence-corrected chi connectivity index (χ2v) is 4.82. The molecule has 1 aromatic heterocycles. The monoisotopic (exact) mass is 227 g/mol. The maximum atomic E-state index is 11.6. The zero-order valence-electron chi connectivity index (χ0n) is 9.50. The molecule has 5 heteroatoms. The molecule has 2 atom stereocenters. The molecule has 0 aromatic carbocycles. The first-order valence-corrected chi connectivity index (χ1v) is 5.76. The maximum Gasteiger partial charge on any atom is 0.237 e. The lowest BCUT2D eigenvalue weighted by Gasteiger charge is -2.15. The number of carbonyl (C=O) groups is 1. The van der Waals surface area contributed by atoms with E-state index in [0.717, 1.165) is 9.88 Å². The van der Waals surface area contributed by atoms with Gasteiger partial charge < -0.3 is 10.6 Å². The van der Waals surface area contributed by atoms with Crippen LogP contribution in [0.1, 0.15) is 29.8 Å². The van der Waals surface area contributed by atoms with E-state index in [1.807, 2.05) is 27.0 Å². The first-order chi connectivity index (χ1) is 7.04. The molecule has 1 amide bonds. The molecule has 0 saturated heterocycles. The fourth-order valence-corrected chi connectivity index (χ4v) is 1.88. The topological polar surface area (TPSA) is 54.0 Å². The first kappa shape index (κ1) is 12.1. The number of carbonyl (C=O) groups excluding carboxylic acids is 1. The summed E-state index contributed by atoms with van der Waals surface area (Å²) in [5.74, 6) is -0.00199. The van der Waals surface area contributed by atoms with Crippen LogP contribution in [0.25, 0.3) is 0 Å². The Labute approximate surface area is 94.1 Å². The fourth-order valence-electron chi connectivity index (χ4n) is 1.10. The maximum absolute atomic E-state index is 11.6. The minimum Gasteiger partial charge on any atom is -0.346 e. The van der Waals surface area contributed by atoms with Gasteiger partial charge in [-0.1, -0.05) is 0 Å². The van der Waals surface area contributed by atoms with E-state index >= 15 is 0 Å². The Bertz CT molecular complexity index is 337. The van der Waals surface area contributed by atoms with E-state index in [4.69, 9.17) is 0 Å². The van der Waals surface area contributed by atoms with Crippen molar-refractivity contribution in [2.75, 3.05) is 7.05 Å². The van der Waals surface area contributed by atoms with Gasteiger partial charge in [0.25, 0.3) is 0 Å². The van der Waals surface area contributed by atoms with Gasteiger partial charge in [-0.2, -0.15) is 0 Å². The Morgan fingerprint density at radius 2 is 2.20 bits per heavy atom. The van der Waals surface area contributed by atoms with E-state index < -0.39 is 0 Å². The van der Waals surface area contributed by atoms with Crippen LogP contribution in [-0.2, 0) is 4.79 Å². The molecule has 1 aromatic rings. The highest BCUT2D eigenvalue weighted by molar-refractivity contribution is 7.11. The number of nitrogens with zero attached hydrogens (tertiary/aromatic N) is 1. The summed E-state index contributed by atoms with van der Waals surface area (Å²) in [6.07, 6.45) is 1.82. The number of thiazole rings is 1. The summed E-state index contributed by atoms with van der Waals surface area (Å²) in [7, 11) is 1.77. The molecule has 0 spiro atoms. The Balaban J connectivity index is 2.56. The second-order valence-electron chi connectivity index (χ2n) is 3.55. The number of amides is 1. The summed E-state index contributed by atoms with van der Waals surface area (Å²) >= 11 is 1.61. The average molecular weight is 227 g/mol. The molecule has 2 N–H and O–H groups in total. The van der Waals surface area contributed by atoms with Crippen LogP contribution >= 0.6 is 11.3 Å². The molecule has 4 nitrogen and oxygen atoms in total. The number of likely N-dealkylation sites (N-methyl/N-ethyl adjacent to an activating group) is 1. The van der Waals surface area contributed by atoms with Gasteiger partial charge in [0, 0.05) is 11.1 Å². The smallest absolute Gasteiger partial charge is 0.237 e. The molecule has 0 aliphatic rings. The molecular weight excluding hydrogens is 210 g/mol. The van der Waals surface area contributed by atoms with E-state index in [1.165, 1.54) is 0 Å². The Morgan fingerprint density at radius 1 is 1.53 bits per heavy atom. The largest absolute Gasteiger partial charge is 0.346 e. The van der Waals surface area contributed by atoms with Crippen molar-refractivity contribution in [1.82, 2.24) is 15.6 Å². The highest BCUT2D eigenvalue weighted by atomic mass is 32.1. The molecule has 84 valence electrons. The third-order valence-corrected chi connectivity index (χ3v) is 3.29. The minimum absolute atomic E-state index is 0.00199. The van der Waals surface area contributed by atoms with Crippen molar-refractivity contribution in [2.24, 2.45) is 0 Å². The van der Waals surface area contributed by atoms with Crippen molar-refractivity contribution in [3.05, 3.63) is 16.1 Å². The number of rotatable bonds is 4. The molecule has 1 rings (SSSR count). The Kier molecular flexibility index (Phi) is 4.23. The lowest BCUT2D eigenvalue weighted by Crippen LogP contribution is -2.41. The van der Waals surface area contributed by atoms with Crippen LogP contribution in [0.2, 0.25) is 0 Å². The molecule has 0 saturated carbocycles. The standard InChI is InChI=1S/C10H17N3OS/c1-6-5-12-10(15-6)8(3)13-9(14)7(2)11-4/h5,7-8,11H,1-4H3,(H,13,14). The molecule has 0 aliphatic heterocycles. The third kappa shape index (κ3) is 3.28. The van der Waals surface area contributed by atoms with Crippen molar-refractivity contribution in [1.29, 1.82) is 0 Å². The number of aryl methyl sites for hydroxylation is 1. The van der Waals surface area contributed by atoms with Gasteiger partial charge in [-0.25, -0.2) is 4.98 Å². The van der Waals surface area contributed by atoms with Crippen molar-refractivity contribution in [2.45, 2.75) is 32.9 Å². The number of hydrogen-bond donors (Lipinski definition) is 2. The van der Waals surface area contributed by atoms with Gasteiger partial charge in [0.15, 0.2) is 0 Å². The Morgan fingerprint density at radius 3 is 2.67 bits per heavy atom. The van der Waals surface area contributed by atoms with E-state index in [2.05, 4.69) is 15.6 Å². The van der Waals surface area contributed by atoms with Gasteiger partial charge >= 0.3 is 0 Å². The number of hydrogen-bond acceptors (Lipinski definition) is 4. The SMILES string of the molecule is CNC(C)C(=O)NC(C)c1ncc(C)s1. The minimum atomic E-state index is -0.173. The van der Waals surface area contributed by atoms with Crippen molar-refractivity contribution in [3.63, 3.8) is 0 Å². The van der Waals surface area contributed by atoms with E-state index in [1.54, 1.807) is 18.4 Å². The molecule has 1 heterocycles. The highest BCUT2D eigenvalue weighted by Gasteiger charge is 2.16. The first-order valence-electron chi connectivity index (χ1n) is 4.94. The highest BCUT2D eigenvalue weighted by Crippen LogP contribution is 2.18. The molecule has 0 fully saturated rings. The average Bonchev–Trinajstić information content (AvgIpc) is 2.63. The number of aromatic nitrogens is 1. The molecule has 15 heavy (non-hydrogen) atoms. The van der Waals surface area contributed by atoms with Crippen molar-refractivity contribution in [3.8, 4) is 0 Å². The predicted octanol–water partition coefficient (Wildman–Crippen LogP) is 1.24. The van der Waals surface area contributed by atoms with Crippen LogP contribution in [0, 0.1) is 6.92 Å². The van der Waals surface area contributed by atoms with Gasteiger partial charge in [0.05, 0.1) is 12.1 Å². The molecule has 0 aliphatic carbocycles. The van der Waals surface area contributed by atoms with Crippen LogP contribution in [0.5, 0.6) is 0 Å². The third-order valence-electron chi connectivity index (χ3n) is 2.19. The van der Waals surface area contributed by atoms with Gasteiger partial charge in [-0.15, -0.1) is 11.3 Å². The van der Waals surface area contributed by atoms with E-state index in [0.29, 0.717) is 0 Å². The molecular formula is C10H17N3OS. The van der Waals surface area contributed by atoms with Crippen LogP contribution < -0.4 is 10.6 Å². The number of nitrogens with one attached hydrogen (secondary N) is 2. The summed E-state index contributed by atoms with van der Waals surface area (Å²) < 4.78 is 0. The van der Waals surface area contributed by atoms with E-state index in [9.17, 15) is 4.79 Å². The lowest BCUT2D eigenvalue weighted by molar-refractivity contribution is -0.123. The Hall–Kier alpha value is -0.940. The van der Waals surface area contributed by atoms with Gasteiger partial charge in [0.1, 0.15) is 5.01 Å². The van der Waals surface area contributed by atoms with Crippen LogP contribution in [0.3, 0.4) is 0 Å². The predicted molar refractivity (Wildman–Crippen MR) is 61.9 cm³/mol. The van der Waals surface area contributed by atoms with Gasteiger partial charge in [0.2, 0.25) is 5.91 Å². The summed E-state index contributed by atoms with van der Waals surface area (Å²) in [6, 6.07) is -0.194. The normalized spacial score (nSPS) is 14.7.